The first-order valence-electron chi connectivity index (χ1n) is 10.9. The highest BCUT2D eigenvalue weighted by atomic mass is 32.2. The summed E-state index contributed by atoms with van der Waals surface area (Å²) in [5.74, 6) is -1.15. The fourth-order valence-corrected chi connectivity index (χ4v) is 6.78. The van der Waals surface area contributed by atoms with Crippen LogP contribution in [0.4, 0.5) is 11.4 Å². The number of carboxylic acid groups (broad SMARTS) is 1. The molecule has 1 heterocycles. The maximum Gasteiger partial charge on any atom is 0.336 e. The van der Waals surface area contributed by atoms with E-state index in [4.69, 9.17) is 9.84 Å². The van der Waals surface area contributed by atoms with Crippen molar-refractivity contribution in [1.29, 1.82) is 0 Å². The van der Waals surface area contributed by atoms with Gasteiger partial charge in [-0.15, -0.1) is 11.8 Å². The number of anilines is 2. The lowest BCUT2D eigenvalue weighted by Crippen LogP contribution is -2.35. The van der Waals surface area contributed by atoms with E-state index in [9.17, 15) is 18.3 Å². The Morgan fingerprint density at radius 1 is 1.27 bits per heavy atom. The summed E-state index contributed by atoms with van der Waals surface area (Å²) in [5.41, 5.74) is 1.03. The van der Waals surface area contributed by atoms with Crippen LogP contribution in [0.3, 0.4) is 0 Å². The van der Waals surface area contributed by atoms with Crippen LogP contribution in [0.15, 0.2) is 52.3 Å². The van der Waals surface area contributed by atoms with Crippen molar-refractivity contribution in [2.75, 3.05) is 30.1 Å². The number of carbonyl (C=O) groups is 1. The molecule has 3 rings (SSSR count). The number of unbranched alkanes of at least 4 members (excludes halogenated alkanes) is 1. The van der Waals surface area contributed by atoms with Gasteiger partial charge >= 0.3 is 5.97 Å². The molecule has 0 unspecified atom stereocenters. The molecule has 2 atom stereocenters. The minimum absolute atomic E-state index is 0.00609. The molecular weight excluding hydrogens is 462 g/mol. The molecule has 2 N–H and O–H groups in total. The van der Waals surface area contributed by atoms with Crippen LogP contribution < -0.4 is 9.64 Å². The van der Waals surface area contributed by atoms with E-state index in [1.54, 1.807) is 6.07 Å². The van der Waals surface area contributed by atoms with Crippen molar-refractivity contribution in [2.24, 2.45) is 5.41 Å². The normalized spacial score (nSPS) is 20.5. The lowest BCUT2D eigenvalue weighted by atomic mass is 9.86. The Bertz CT molecular complexity index is 1090. The molecule has 0 aromatic heterocycles. The minimum atomic E-state index is -3.67. The van der Waals surface area contributed by atoms with Crippen molar-refractivity contribution in [3.8, 4) is 5.75 Å². The van der Waals surface area contributed by atoms with Crippen molar-refractivity contribution >= 4 is 38.9 Å². The summed E-state index contributed by atoms with van der Waals surface area (Å²) in [5, 5.41) is 18.6. The van der Waals surface area contributed by atoms with Crippen molar-refractivity contribution in [3.63, 3.8) is 0 Å². The monoisotopic (exact) mass is 493 g/mol. The van der Waals surface area contributed by atoms with Gasteiger partial charge in [-0.1, -0.05) is 44.9 Å². The third kappa shape index (κ3) is 5.83. The number of para-hydroxylation sites is 1. The van der Waals surface area contributed by atoms with Crippen LogP contribution in [-0.2, 0) is 14.6 Å². The molecule has 0 saturated carbocycles. The largest absolute Gasteiger partial charge is 0.489 e. The van der Waals surface area contributed by atoms with Gasteiger partial charge in [0.15, 0.2) is 15.9 Å². The maximum atomic E-state index is 13.6. The smallest absolute Gasteiger partial charge is 0.336 e. The van der Waals surface area contributed by atoms with Crippen molar-refractivity contribution < 1.29 is 28.2 Å². The number of aliphatic hydroxyl groups excluding tert-OH is 1. The van der Waals surface area contributed by atoms with Crippen molar-refractivity contribution in [3.05, 3.63) is 42.5 Å². The highest BCUT2D eigenvalue weighted by molar-refractivity contribution is 7.98. The molecule has 1 aliphatic heterocycles. The SMILES string of the molecule is CCCC[C@@]1(C)CN(c2ccccc2)c2cc(SC)c(OC[C@H](O)C(=O)O)cc2S(=O)(=O)C1. The number of thioether (sulfide) groups is 1. The van der Waals surface area contributed by atoms with E-state index in [1.807, 2.05) is 43.5 Å². The van der Waals surface area contributed by atoms with Gasteiger partial charge < -0.3 is 19.8 Å². The zero-order valence-corrected chi connectivity index (χ0v) is 20.8. The van der Waals surface area contributed by atoms with E-state index in [0.29, 0.717) is 17.1 Å². The second-order valence-electron chi connectivity index (χ2n) is 8.73. The zero-order valence-electron chi connectivity index (χ0n) is 19.2. The van der Waals surface area contributed by atoms with Crippen LogP contribution in [0, 0.1) is 5.41 Å². The van der Waals surface area contributed by atoms with Crippen molar-refractivity contribution in [2.45, 2.75) is 49.0 Å². The molecule has 0 radical (unpaired) electrons. The Kier molecular flexibility index (Phi) is 7.97. The van der Waals surface area contributed by atoms with Gasteiger partial charge in [0.1, 0.15) is 12.4 Å². The standard InChI is InChI=1S/C24H31NO6S2/c1-4-5-11-24(2)15-25(17-9-7-6-8-10-17)18-12-21(32-3)20(31-14-19(26)23(27)28)13-22(18)33(29,30)16-24/h6-10,12-13,19,26H,4-5,11,14-16H2,1-3H3,(H,27,28)/t19-,24-/m0/s1. The van der Waals surface area contributed by atoms with Crippen molar-refractivity contribution in [1.82, 2.24) is 0 Å². The highest BCUT2D eigenvalue weighted by Crippen LogP contribution is 2.46. The third-order valence-electron chi connectivity index (χ3n) is 5.83. The lowest BCUT2D eigenvalue weighted by Gasteiger charge is -2.34. The molecule has 0 fully saturated rings. The fraction of sp³-hybridized carbons (Fsp3) is 0.458. The second-order valence-corrected chi connectivity index (χ2v) is 11.5. The van der Waals surface area contributed by atoms with Gasteiger partial charge in [0.2, 0.25) is 0 Å². The third-order valence-corrected chi connectivity index (χ3v) is 8.67. The Balaban J connectivity index is 2.16. The number of fused-ring (bicyclic) bond motifs is 1. The number of carboxylic acids is 1. The van der Waals surface area contributed by atoms with Gasteiger partial charge in [-0.05, 0) is 36.3 Å². The van der Waals surface area contributed by atoms with Crippen LogP contribution in [0.5, 0.6) is 5.75 Å². The summed E-state index contributed by atoms with van der Waals surface area (Å²) in [4.78, 5) is 13.9. The van der Waals surface area contributed by atoms with Gasteiger partial charge in [-0.2, -0.15) is 0 Å². The number of ether oxygens (including phenoxy) is 1. The molecule has 7 nitrogen and oxygen atoms in total. The molecule has 180 valence electrons. The lowest BCUT2D eigenvalue weighted by molar-refractivity contribution is -0.148. The summed E-state index contributed by atoms with van der Waals surface area (Å²) in [6, 6.07) is 13.0. The van der Waals surface area contributed by atoms with E-state index in [-0.39, 0.29) is 16.4 Å². The molecule has 2 aromatic rings. The van der Waals surface area contributed by atoms with E-state index in [1.165, 1.54) is 17.8 Å². The number of nitrogens with zero attached hydrogens (tertiary/aromatic N) is 1. The molecule has 0 amide bonds. The number of hydrogen-bond acceptors (Lipinski definition) is 7. The van der Waals surface area contributed by atoms with E-state index in [2.05, 4.69) is 11.8 Å². The fourth-order valence-electron chi connectivity index (χ4n) is 4.15. The minimum Gasteiger partial charge on any atom is -0.489 e. The van der Waals surface area contributed by atoms with Crippen LogP contribution in [0.2, 0.25) is 0 Å². The van der Waals surface area contributed by atoms with Crippen LogP contribution >= 0.6 is 11.8 Å². The summed E-state index contributed by atoms with van der Waals surface area (Å²) in [7, 11) is -3.67. The molecule has 0 spiro atoms. The highest BCUT2D eigenvalue weighted by Gasteiger charge is 2.40. The molecule has 0 aliphatic carbocycles. The summed E-state index contributed by atoms with van der Waals surface area (Å²) >= 11 is 1.37. The number of sulfone groups is 1. The Hall–Kier alpha value is -2.23. The Labute approximate surface area is 199 Å². The first-order chi connectivity index (χ1) is 15.6. The van der Waals surface area contributed by atoms with Crippen LogP contribution in [-0.4, -0.2) is 55.9 Å². The summed E-state index contributed by atoms with van der Waals surface area (Å²) in [6.07, 6.45) is 2.83. The first-order valence-corrected chi connectivity index (χ1v) is 13.8. The predicted molar refractivity (Wildman–Crippen MR) is 130 cm³/mol. The molecule has 0 bridgehead atoms. The summed E-state index contributed by atoms with van der Waals surface area (Å²) in [6.45, 7) is 4.20. The van der Waals surface area contributed by atoms with Gasteiger partial charge in [-0.3, -0.25) is 0 Å². The van der Waals surface area contributed by atoms with Gasteiger partial charge in [-0.25, -0.2) is 13.2 Å². The van der Waals surface area contributed by atoms with Crippen LogP contribution in [0.1, 0.15) is 33.1 Å². The number of rotatable bonds is 9. The molecule has 33 heavy (non-hydrogen) atoms. The Morgan fingerprint density at radius 3 is 2.58 bits per heavy atom. The second kappa shape index (κ2) is 10.4. The molecule has 9 heteroatoms. The molecule has 1 aliphatic rings. The van der Waals surface area contributed by atoms with Gasteiger partial charge in [0.05, 0.1) is 21.2 Å². The zero-order chi connectivity index (χ0) is 24.2. The molecule has 0 saturated heterocycles. The number of aliphatic hydroxyl groups is 1. The van der Waals surface area contributed by atoms with Gasteiger partial charge in [0, 0.05) is 18.3 Å². The predicted octanol–water partition coefficient (Wildman–Crippen LogP) is 4.35. The average molecular weight is 494 g/mol. The summed E-state index contributed by atoms with van der Waals surface area (Å²) < 4.78 is 32.8. The molecule has 2 aromatic carbocycles. The first kappa shape index (κ1) is 25.4. The number of aliphatic carboxylic acids is 1. The maximum absolute atomic E-state index is 13.6. The average Bonchev–Trinajstić information content (AvgIpc) is 2.87. The Morgan fingerprint density at radius 2 is 1.97 bits per heavy atom. The van der Waals surface area contributed by atoms with Crippen LogP contribution in [0.25, 0.3) is 0 Å². The number of benzene rings is 2. The van der Waals surface area contributed by atoms with E-state index < -0.39 is 33.9 Å². The topological polar surface area (TPSA) is 104 Å². The van der Waals surface area contributed by atoms with E-state index >= 15 is 0 Å². The van der Waals surface area contributed by atoms with E-state index in [0.717, 1.165) is 24.9 Å². The number of hydrogen-bond donors (Lipinski definition) is 2. The van der Waals surface area contributed by atoms with Gasteiger partial charge in [0.25, 0.3) is 0 Å². The quantitative estimate of drug-likeness (QED) is 0.497. The molecular formula is C24H31NO6S2.